The van der Waals surface area contributed by atoms with Crippen molar-refractivity contribution in [1.82, 2.24) is 25.0 Å². The molecule has 0 spiro atoms. The molecule has 7 nitrogen and oxygen atoms in total. The van der Waals surface area contributed by atoms with Crippen LogP contribution in [0.1, 0.15) is 57.1 Å². The quantitative estimate of drug-likeness (QED) is 0.385. The molecule has 0 unspecified atom stereocenters. The van der Waals surface area contributed by atoms with Crippen molar-refractivity contribution in [2.75, 3.05) is 39.9 Å². The van der Waals surface area contributed by atoms with Gasteiger partial charge in [-0.15, -0.1) is 10.2 Å². The molecule has 2 heterocycles. The molecule has 0 saturated heterocycles. The topological polar surface area (TPSA) is 67.6 Å². The summed E-state index contributed by atoms with van der Waals surface area (Å²) in [5, 5.41) is 12.2. The van der Waals surface area contributed by atoms with E-state index in [4.69, 9.17) is 9.73 Å². The molecule has 2 aliphatic rings. The molecule has 1 saturated carbocycles. The van der Waals surface area contributed by atoms with Crippen molar-refractivity contribution in [3.63, 3.8) is 0 Å². The average Bonchev–Trinajstić information content (AvgIpc) is 3.46. The van der Waals surface area contributed by atoms with Gasteiger partial charge in [0.05, 0.1) is 6.61 Å². The normalized spacial score (nSPS) is 17.5. The summed E-state index contributed by atoms with van der Waals surface area (Å²) in [5.74, 6) is 4.09. The zero-order valence-electron chi connectivity index (χ0n) is 17.1. The van der Waals surface area contributed by atoms with Gasteiger partial charge >= 0.3 is 0 Å². The number of aliphatic imine (C=N–C) groups is 1. The van der Waals surface area contributed by atoms with Crippen molar-refractivity contribution < 1.29 is 4.74 Å². The Morgan fingerprint density at radius 2 is 2.19 bits per heavy atom. The second-order valence-corrected chi connectivity index (χ2v) is 7.77. The lowest BCUT2D eigenvalue weighted by Gasteiger charge is -2.22. The van der Waals surface area contributed by atoms with E-state index in [1.807, 2.05) is 0 Å². The van der Waals surface area contributed by atoms with E-state index >= 15 is 0 Å². The van der Waals surface area contributed by atoms with Gasteiger partial charge in [0.2, 0.25) is 0 Å². The first kappa shape index (κ1) is 20.1. The zero-order valence-corrected chi connectivity index (χ0v) is 17.1. The van der Waals surface area contributed by atoms with Gasteiger partial charge in [0.25, 0.3) is 0 Å². The van der Waals surface area contributed by atoms with E-state index in [1.54, 1.807) is 0 Å². The van der Waals surface area contributed by atoms with Gasteiger partial charge < -0.3 is 19.5 Å². The van der Waals surface area contributed by atoms with E-state index in [-0.39, 0.29) is 0 Å². The van der Waals surface area contributed by atoms with E-state index in [1.165, 1.54) is 37.9 Å². The van der Waals surface area contributed by atoms with E-state index in [0.717, 1.165) is 76.4 Å². The number of aromatic nitrogens is 3. The van der Waals surface area contributed by atoms with E-state index in [0.29, 0.717) is 0 Å². The molecular formula is C20H36N6O. The number of nitrogens with zero attached hydrogens (tertiary/aromatic N) is 5. The summed E-state index contributed by atoms with van der Waals surface area (Å²) in [4.78, 5) is 6.95. The fraction of sp³-hybridized carbons (Fsp3) is 0.850. The predicted octanol–water partition coefficient (Wildman–Crippen LogP) is 2.26. The molecule has 1 aromatic rings. The fourth-order valence-corrected chi connectivity index (χ4v) is 3.46. The number of hydrogen-bond donors (Lipinski definition) is 1. The van der Waals surface area contributed by atoms with Crippen LogP contribution in [0.2, 0.25) is 0 Å². The first-order chi connectivity index (χ1) is 13.3. The standard InChI is InChI=1S/C20H36N6O/c1-3-21-20(25(2)14-15-27-16-17-10-11-17)22-12-7-9-19-24-23-18-8-5-4-6-13-26(18)19/h17H,3-16H2,1-2H3,(H,21,22). The Kier molecular flexibility index (Phi) is 7.93. The summed E-state index contributed by atoms with van der Waals surface area (Å²) < 4.78 is 8.09. The summed E-state index contributed by atoms with van der Waals surface area (Å²) >= 11 is 0. The van der Waals surface area contributed by atoms with Crippen molar-refractivity contribution in [3.8, 4) is 0 Å². The lowest BCUT2D eigenvalue weighted by Crippen LogP contribution is -2.40. The van der Waals surface area contributed by atoms with Gasteiger partial charge in [-0.3, -0.25) is 4.99 Å². The second-order valence-electron chi connectivity index (χ2n) is 7.77. The Morgan fingerprint density at radius 3 is 3.00 bits per heavy atom. The zero-order chi connectivity index (χ0) is 18.9. The highest BCUT2D eigenvalue weighted by atomic mass is 16.5. The maximum atomic E-state index is 5.75. The minimum atomic E-state index is 0.767. The summed E-state index contributed by atoms with van der Waals surface area (Å²) in [5.41, 5.74) is 0. The molecule has 7 heteroatoms. The Hall–Kier alpha value is -1.63. The largest absolute Gasteiger partial charge is 0.379 e. The highest BCUT2D eigenvalue weighted by Gasteiger charge is 2.21. The number of guanidine groups is 1. The smallest absolute Gasteiger partial charge is 0.193 e. The van der Waals surface area contributed by atoms with Gasteiger partial charge in [0.15, 0.2) is 5.96 Å². The summed E-state index contributed by atoms with van der Waals surface area (Å²) in [7, 11) is 2.08. The third kappa shape index (κ3) is 6.48. The van der Waals surface area contributed by atoms with E-state index in [9.17, 15) is 0 Å². The van der Waals surface area contributed by atoms with Crippen LogP contribution in [0.5, 0.6) is 0 Å². The number of likely N-dealkylation sites (N-methyl/N-ethyl adjacent to an activating group) is 1. The Morgan fingerprint density at radius 1 is 1.30 bits per heavy atom. The summed E-state index contributed by atoms with van der Waals surface area (Å²) in [6, 6.07) is 0. The van der Waals surface area contributed by atoms with Crippen LogP contribution < -0.4 is 5.32 Å². The maximum absolute atomic E-state index is 5.75. The van der Waals surface area contributed by atoms with Crippen LogP contribution in [0, 0.1) is 5.92 Å². The predicted molar refractivity (Wildman–Crippen MR) is 108 cm³/mol. The van der Waals surface area contributed by atoms with Gasteiger partial charge in [-0.1, -0.05) is 6.42 Å². The highest BCUT2D eigenvalue weighted by molar-refractivity contribution is 5.79. The number of rotatable bonds is 10. The second kappa shape index (κ2) is 10.6. The SMILES string of the molecule is CCNC(=NCCCc1nnc2n1CCCCC2)N(C)CCOCC1CC1. The first-order valence-electron chi connectivity index (χ1n) is 10.8. The number of nitrogens with one attached hydrogen (secondary N) is 1. The minimum absolute atomic E-state index is 0.767. The van der Waals surface area contributed by atoms with Gasteiger partial charge in [0.1, 0.15) is 11.6 Å². The van der Waals surface area contributed by atoms with Crippen LogP contribution in [-0.4, -0.2) is 65.5 Å². The molecule has 152 valence electrons. The molecule has 1 aliphatic carbocycles. The molecule has 0 atom stereocenters. The van der Waals surface area contributed by atoms with Crippen molar-refractivity contribution in [2.24, 2.45) is 10.9 Å². The van der Waals surface area contributed by atoms with Crippen LogP contribution in [0.15, 0.2) is 4.99 Å². The molecule has 0 radical (unpaired) electrons. The van der Waals surface area contributed by atoms with Crippen molar-refractivity contribution in [2.45, 2.75) is 64.8 Å². The molecule has 0 amide bonds. The van der Waals surface area contributed by atoms with Crippen molar-refractivity contribution in [1.29, 1.82) is 0 Å². The molecule has 1 fully saturated rings. The van der Waals surface area contributed by atoms with Crippen molar-refractivity contribution in [3.05, 3.63) is 11.6 Å². The molecule has 3 rings (SSSR count). The van der Waals surface area contributed by atoms with Crippen molar-refractivity contribution >= 4 is 5.96 Å². The van der Waals surface area contributed by atoms with Crippen LogP contribution in [0.3, 0.4) is 0 Å². The van der Waals surface area contributed by atoms with E-state index in [2.05, 4.69) is 39.0 Å². The number of ether oxygens (including phenoxy) is 1. The fourth-order valence-electron chi connectivity index (χ4n) is 3.46. The summed E-state index contributed by atoms with van der Waals surface area (Å²) in [6.07, 6.45) is 9.49. The van der Waals surface area contributed by atoms with E-state index < -0.39 is 0 Å². The van der Waals surface area contributed by atoms with Crippen LogP contribution in [0.25, 0.3) is 0 Å². The average molecular weight is 377 g/mol. The molecule has 0 bridgehead atoms. The maximum Gasteiger partial charge on any atom is 0.193 e. The Balaban J connectivity index is 1.41. The third-order valence-electron chi connectivity index (χ3n) is 5.32. The van der Waals surface area contributed by atoms with Gasteiger partial charge in [0, 0.05) is 52.7 Å². The minimum Gasteiger partial charge on any atom is -0.379 e. The molecule has 1 aromatic heterocycles. The van der Waals surface area contributed by atoms with Gasteiger partial charge in [-0.2, -0.15) is 0 Å². The monoisotopic (exact) mass is 376 g/mol. The number of fused-ring (bicyclic) bond motifs is 1. The van der Waals surface area contributed by atoms with Crippen LogP contribution in [0.4, 0.5) is 0 Å². The van der Waals surface area contributed by atoms with Crippen LogP contribution >= 0.6 is 0 Å². The molecular weight excluding hydrogens is 340 g/mol. The Labute approximate surface area is 163 Å². The molecule has 0 aromatic carbocycles. The first-order valence-corrected chi connectivity index (χ1v) is 10.8. The Bertz CT molecular complexity index is 595. The third-order valence-corrected chi connectivity index (χ3v) is 5.32. The van der Waals surface area contributed by atoms with Gasteiger partial charge in [-0.25, -0.2) is 0 Å². The lowest BCUT2D eigenvalue weighted by atomic mass is 10.2. The lowest BCUT2D eigenvalue weighted by molar-refractivity contribution is 0.115. The number of hydrogen-bond acceptors (Lipinski definition) is 4. The molecule has 1 aliphatic heterocycles. The molecule has 1 N–H and O–H groups in total. The van der Waals surface area contributed by atoms with Gasteiger partial charge in [-0.05, 0) is 44.9 Å². The summed E-state index contributed by atoms with van der Waals surface area (Å²) in [6.45, 7) is 7.43. The highest BCUT2D eigenvalue weighted by Crippen LogP contribution is 2.28. The molecule has 27 heavy (non-hydrogen) atoms. The van der Waals surface area contributed by atoms with Crippen LogP contribution in [-0.2, 0) is 24.1 Å². The number of aryl methyl sites for hydroxylation is 2.